The van der Waals surface area contributed by atoms with Crippen molar-refractivity contribution in [1.29, 1.82) is 0 Å². The Labute approximate surface area is 177 Å². The number of hydrogen-bond acceptors (Lipinski definition) is 4. The Bertz CT molecular complexity index is 704. The van der Waals surface area contributed by atoms with Gasteiger partial charge in [-0.2, -0.15) is 13.2 Å². The summed E-state index contributed by atoms with van der Waals surface area (Å²) in [6.45, 7) is 6.52. The highest BCUT2D eigenvalue weighted by Gasteiger charge is 2.40. The van der Waals surface area contributed by atoms with Crippen LogP contribution in [0.4, 0.5) is 13.2 Å². The van der Waals surface area contributed by atoms with Crippen molar-refractivity contribution in [3.05, 3.63) is 35.4 Å². The van der Waals surface area contributed by atoms with Crippen molar-refractivity contribution in [1.82, 2.24) is 20.4 Å². The summed E-state index contributed by atoms with van der Waals surface area (Å²) < 4.78 is 38.8. The van der Waals surface area contributed by atoms with Crippen LogP contribution in [0.5, 0.6) is 0 Å². The minimum Gasteiger partial charge on any atom is -0.358 e. The van der Waals surface area contributed by atoms with E-state index in [0.29, 0.717) is 24.6 Å². The molecule has 168 valence electrons. The second-order valence-corrected chi connectivity index (χ2v) is 8.41. The molecule has 2 N–H and O–H groups in total. The van der Waals surface area contributed by atoms with E-state index in [0.717, 1.165) is 51.5 Å². The van der Waals surface area contributed by atoms with E-state index in [1.165, 1.54) is 12.1 Å². The Morgan fingerprint density at radius 1 is 1.23 bits per heavy atom. The number of halogens is 3. The van der Waals surface area contributed by atoms with E-state index in [2.05, 4.69) is 27.4 Å². The van der Waals surface area contributed by atoms with E-state index in [4.69, 9.17) is 0 Å². The fraction of sp³-hybridized carbons (Fsp3) is 0.682. The summed E-state index contributed by atoms with van der Waals surface area (Å²) in [7, 11) is 1.66. The van der Waals surface area contributed by atoms with Gasteiger partial charge in [0.25, 0.3) is 0 Å². The Morgan fingerprint density at radius 3 is 2.60 bits per heavy atom. The van der Waals surface area contributed by atoms with Crippen LogP contribution in [0.1, 0.15) is 43.7 Å². The number of likely N-dealkylation sites (tertiary alicyclic amines) is 2. The van der Waals surface area contributed by atoms with Crippen molar-refractivity contribution in [3.8, 4) is 0 Å². The quantitative estimate of drug-likeness (QED) is 0.704. The topological polar surface area (TPSA) is 47.6 Å². The molecular formula is C22H33F3N4O. The molecule has 3 rings (SSSR count). The lowest BCUT2D eigenvalue weighted by molar-refractivity contribution is -0.137. The van der Waals surface area contributed by atoms with Gasteiger partial charge < -0.3 is 15.5 Å². The number of rotatable bonds is 7. The lowest BCUT2D eigenvalue weighted by Gasteiger charge is -2.38. The van der Waals surface area contributed by atoms with Crippen molar-refractivity contribution in [2.45, 2.75) is 63.5 Å². The Hall–Kier alpha value is -1.64. The summed E-state index contributed by atoms with van der Waals surface area (Å²) in [5.41, 5.74) is -0.0235. The van der Waals surface area contributed by atoms with Crippen LogP contribution in [-0.4, -0.2) is 67.1 Å². The molecule has 0 saturated carbocycles. The number of hydrogen-bond donors (Lipinski definition) is 2. The van der Waals surface area contributed by atoms with Gasteiger partial charge in [-0.3, -0.25) is 9.69 Å². The van der Waals surface area contributed by atoms with Crippen LogP contribution >= 0.6 is 0 Å². The molecular weight excluding hydrogens is 393 g/mol. The minimum atomic E-state index is -4.34. The highest BCUT2D eigenvalue weighted by molar-refractivity contribution is 5.82. The molecule has 0 spiro atoms. The molecule has 0 aromatic heterocycles. The maximum Gasteiger partial charge on any atom is 0.416 e. The molecule has 1 aromatic carbocycles. The van der Waals surface area contributed by atoms with Gasteiger partial charge in [0.15, 0.2) is 0 Å². The zero-order valence-corrected chi connectivity index (χ0v) is 17.8. The van der Waals surface area contributed by atoms with Crippen LogP contribution in [0.25, 0.3) is 0 Å². The molecule has 2 atom stereocenters. The fourth-order valence-electron chi connectivity index (χ4n) is 4.75. The molecule has 0 radical (unpaired) electrons. The second-order valence-electron chi connectivity index (χ2n) is 8.41. The van der Waals surface area contributed by atoms with Gasteiger partial charge in [0.1, 0.15) is 0 Å². The van der Waals surface area contributed by atoms with Crippen molar-refractivity contribution < 1.29 is 18.0 Å². The number of likely N-dealkylation sites (N-methyl/N-ethyl adjacent to an activating group) is 1. The summed E-state index contributed by atoms with van der Waals surface area (Å²) in [6.07, 6.45) is -0.413. The number of nitrogens with one attached hydrogen (secondary N) is 2. The molecule has 2 fully saturated rings. The van der Waals surface area contributed by atoms with Crippen molar-refractivity contribution >= 4 is 5.91 Å². The number of alkyl halides is 3. The molecule has 8 heteroatoms. The normalized spacial score (nSPS) is 24.3. The second kappa shape index (κ2) is 10.1. The van der Waals surface area contributed by atoms with Crippen LogP contribution in [0.2, 0.25) is 0 Å². The first kappa shape index (κ1) is 23.0. The van der Waals surface area contributed by atoms with Crippen LogP contribution in [0.15, 0.2) is 24.3 Å². The van der Waals surface area contributed by atoms with Gasteiger partial charge in [-0.05, 0) is 56.9 Å². The van der Waals surface area contributed by atoms with Gasteiger partial charge in [-0.1, -0.05) is 25.1 Å². The van der Waals surface area contributed by atoms with Gasteiger partial charge in [-0.25, -0.2) is 0 Å². The number of piperidine rings is 1. The molecule has 2 aliphatic heterocycles. The zero-order valence-electron chi connectivity index (χ0n) is 17.8. The molecule has 2 heterocycles. The SMILES string of the molecule is CCCN1CCC(N2C[C@H](NCc3cccc(C(F)(F)F)c3)C[C@H]2C(=O)NC)CC1. The van der Waals surface area contributed by atoms with Crippen LogP contribution in [0, 0.1) is 0 Å². The molecule has 0 aliphatic carbocycles. The van der Waals surface area contributed by atoms with E-state index >= 15 is 0 Å². The van der Waals surface area contributed by atoms with E-state index in [-0.39, 0.29) is 18.0 Å². The van der Waals surface area contributed by atoms with Crippen molar-refractivity contribution in [3.63, 3.8) is 0 Å². The number of benzene rings is 1. The molecule has 2 aliphatic rings. The van der Waals surface area contributed by atoms with Crippen molar-refractivity contribution in [2.75, 3.05) is 33.2 Å². The van der Waals surface area contributed by atoms with E-state index in [9.17, 15) is 18.0 Å². The average molecular weight is 427 g/mol. The number of amides is 1. The van der Waals surface area contributed by atoms with Crippen LogP contribution < -0.4 is 10.6 Å². The van der Waals surface area contributed by atoms with E-state index in [1.54, 1.807) is 13.1 Å². The highest BCUT2D eigenvalue weighted by Crippen LogP contribution is 2.30. The number of nitrogens with zero attached hydrogens (tertiary/aromatic N) is 2. The third kappa shape index (κ3) is 5.74. The summed E-state index contributed by atoms with van der Waals surface area (Å²) in [5, 5.41) is 6.16. The third-order valence-corrected chi connectivity index (χ3v) is 6.30. The molecule has 0 unspecified atom stereocenters. The van der Waals surface area contributed by atoms with Gasteiger partial charge in [0, 0.05) is 32.2 Å². The maximum atomic E-state index is 12.9. The number of carbonyl (C=O) groups excluding carboxylic acids is 1. The smallest absolute Gasteiger partial charge is 0.358 e. The fourth-order valence-corrected chi connectivity index (χ4v) is 4.75. The first-order valence-corrected chi connectivity index (χ1v) is 10.9. The molecule has 0 bridgehead atoms. The molecule has 30 heavy (non-hydrogen) atoms. The lowest BCUT2D eigenvalue weighted by Crippen LogP contribution is -2.51. The molecule has 1 amide bonds. The van der Waals surface area contributed by atoms with Crippen molar-refractivity contribution in [2.24, 2.45) is 0 Å². The Morgan fingerprint density at radius 2 is 1.97 bits per heavy atom. The first-order valence-electron chi connectivity index (χ1n) is 10.9. The summed E-state index contributed by atoms with van der Waals surface area (Å²) in [5.74, 6) is 0.0226. The molecule has 2 saturated heterocycles. The predicted octanol–water partition coefficient (Wildman–Crippen LogP) is 2.86. The zero-order chi connectivity index (χ0) is 21.7. The summed E-state index contributed by atoms with van der Waals surface area (Å²) in [6, 6.07) is 5.70. The summed E-state index contributed by atoms with van der Waals surface area (Å²) >= 11 is 0. The van der Waals surface area contributed by atoms with Gasteiger partial charge in [-0.15, -0.1) is 0 Å². The first-order chi connectivity index (χ1) is 14.3. The Kier molecular flexibility index (Phi) is 7.76. The van der Waals surface area contributed by atoms with Crippen LogP contribution in [-0.2, 0) is 17.5 Å². The maximum absolute atomic E-state index is 12.9. The predicted molar refractivity (Wildman–Crippen MR) is 111 cm³/mol. The van der Waals surface area contributed by atoms with E-state index < -0.39 is 11.7 Å². The Balaban J connectivity index is 1.60. The van der Waals surface area contributed by atoms with Gasteiger partial charge in [0.2, 0.25) is 5.91 Å². The largest absolute Gasteiger partial charge is 0.416 e. The molecule has 5 nitrogen and oxygen atoms in total. The molecule has 1 aromatic rings. The van der Waals surface area contributed by atoms with Gasteiger partial charge >= 0.3 is 6.18 Å². The summed E-state index contributed by atoms with van der Waals surface area (Å²) in [4.78, 5) is 17.3. The minimum absolute atomic E-state index is 0.0226. The van der Waals surface area contributed by atoms with E-state index in [1.807, 2.05) is 0 Å². The average Bonchev–Trinajstić information content (AvgIpc) is 3.16. The lowest BCUT2D eigenvalue weighted by atomic mass is 10.0. The standard InChI is InChI=1S/C22H33F3N4O/c1-3-9-28-10-7-19(8-11-28)29-15-18(13-20(29)21(30)26-2)27-14-16-5-4-6-17(12-16)22(23,24)25/h4-6,12,18-20,27H,3,7-11,13-15H2,1-2H3,(H,26,30)/t18-,20+/m1/s1. The number of carbonyl (C=O) groups is 1. The highest BCUT2D eigenvalue weighted by atomic mass is 19.4. The van der Waals surface area contributed by atoms with Crippen LogP contribution in [0.3, 0.4) is 0 Å². The monoisotopic (exact) mass is 426 g/mol. The third-order valence-electron chi connectivity index (χ3n) is 6.30. The van der Waals surface area contributed by atoms with Gasteiger partial charge in [0.05, 0.1) is 11.6 Å².